The number of aromatic nitrogens is 2. The monoisotopic (exact) mass is 245 g/mol. The van der Waals surface area contributed by atoms with Gasteiger partial charge in [-0.3, -0.25) is 4.79 Å². The number of amides is 1. The van der Waals surface area contributed by atoms with E-state index in [-0.39, 0.29) is 5.91 Å². The molecule has 0 fully saturated rings. The van der Waals surface area contributed by atoms with E-state index in [4.69, 9.17) is 4.42 Å². The quantitative estimate of drug-likeness (QED) is 0.895. The number of nitrogens with zero attached hydrogens (tertiary/aromatic N) is 2. The number of hydrogen-bond donors (Lipinski definition) is 1. The number of hydrogen-bond acceptors (Lipinski definition) is 4. The van der Waals surface area contributed by atoms with E-state index in [0.717, 1.165) is 5.56 Å². The molecule has 0 atom stereocenters. The Balaban J connectivity index is 2.06. The van der Waals surface area contributed by atoms with Gasteiger partial charge in [-0.1, -0.05) is 13.8 Å². The highest BCUT2D eigenvalue weighted by molar-refractivity contribution is 5.94. The van der Waals surface area contributed by atoms with Gasteiger partial charge in [0.1, 0.15) is 0 Å². The van der Waals surface area contributed by atoms with Crippen LogP contribution in [0.5, 0.6) is 0 Å². The average molecular weight is 245 g/mol. The molecule has 1 heterocycles. The highest BCUT2D eigenvalue weighted by atomic mass is 16.4. The highest BCUT2D eigenvalue weighted by Crippen LogP contribution is 2.16. The van der Waals surface area contributed by atoms with Crippen molar-refractivity contribution >= 4 is 5.91 Å². The van der Waals surface area contributed by atoms with E-state index in [0.29, 0.717) is 23.9 Å². The minimum Gasteiger partial charge on any atom is -0.423 e. The normalized spacial score (nSPS) is 10.6. The predicted molar refractivity (Wildman–Crippen MR) is 66.9 cm³/mol. The maximum Gasteiger partial charge on any atom is 0.251 e. The van der Waals surface area contributed by atoms with Crippen molar-refractivity contribution in [2.24, 2.45) is 5.92 Å². The highest BCUT2D eigenvalue weighted by Gasteiger charge is 2.08. The smallest absolute Gasteiger partial charge is 0.251 e. The van der Waals surface area contributed by atoms with Gasteiger partial charge in [0.15, 0.2) is 0 Å². The molecule has 0 saturated carbocycles. The number of benzene rings is 1. The van der Waals surface area contributed by atoms with Crippen molar-refractivity contribution in [3.05, 3.63) is 36.2 Å². The van der Waals surface area contributed by atoms with Gasteiger partial charge in [-0.05, 0) is 30.2 Å². The fraction of sp³-hybridized carbons (Fsp3) is 0.308. The van der Waals surface area contributed by atoms with Crippen LogP contribution in [0.15, 0.2) is 35.1 Å². The van der Waals surface area contributed by atoms with Gasteiger partial charge in [0.05, 0.1) is 0 Å². The largest absolute Gasteiger partial charge is 0.423 e. The van der Waals surface area contributed by atoms with Crippen LogP contribution in [0.2, 0.25) is 0 Å². The van der Waals surface area contributed by atoms with Crippen molar-refractivity contribution in [3.8, 4) is 11.5 Å². The Kier molecular flexibility index (Phi) is 3.72. The van der Waals surface area contributed by atoms with Crippen LogP contribution in [0.4, 0.5) is 0 Å². The summed E-state index contributed by atoms with van der Waals surface area (Å²) in [6.07, 6.45) is 1.28. The molecule has 1 aromatic carbocycles. The van der Waals surface area contributed by atoms with E-state index >= 15 is 0 Å². The zero-order valence-electron chi connectivity index (χ0n) is 10.4. The van der Waals surface area contributed by atoms with Crippen LogP contribution in [0.25, 0.3) is 11.5 Å². The molecule has 0 aliphatic heterocycles. The third-order valence-corrected chi connectivity index (χ3v) is 2.42. The Morgan fingerprint density at radius 1 is 1.33 bits per heavy atom. The molecule has 1 aromatic heterocycles. The SMILES string of the molecule is CC(C)CNC(=O)c1ccc(-c2nnco2)cc1. The zero-order valence-corrected chi connectivity index (χ0v) is 10.4. The van der Waals surface area contributed by atoms with Crippen LogP contribution in [0.1, 0.15) is 24.2 Å². The van der Waals surface area contributed by atoms with Crippen molar-refractivity contribution in [1.29, 1.82) is 0 Å². The fourth-order valence-corrected chi connectivity index (χ4v) is 1.46. The number of carbonyl (C=O) groups excluding carboxylic acids is 1. The molecule has 0 aliphatic carbocycles. The molecular formula is C13H15N3O2. The number of nitrogens with one attached hydrogen (secondary N) is 1. The summed E-state index contributed by atoms with van der Waals surface area (Å²) < 4.78 is 5.08. The first-order valence-electron chi connectivity index (χ1n) is 5.81. The lowest BCUT2D eigenvalue weighted by Gasteiger charge is -2.07. The summed E-state index contributed by atoms with van der Waals surface area (Å²) in [4.78, 5) is 11.8. The third-order valence-electron chi connectivity index (χ3n) is 2.42. The lowest BCUT2D eigenvalue weighted by Crippen LogP contribution is -2.27. The van der Waals surface area contributed by atoms with Gasteiger partial charge >= 0.3 is 0 Å². The van der Waals surface area contributed by atoms with E-state index in [1.54, 1.807) is 24.3 Å². The molecule has 94 valence electrons. The molecule has 2 rings (SSSR count). The predicted octanol–water partition coefficient (Wildman–Crippen LogP) is 2.12. The molecule has 18 heavy (non-hydrogen) atoms. The Morgan fingerprint density at radius 2 is 2.06 bits per heavy atom. The second kappa shape index (κ2) is 5.44. The van der Waals surface area contributed by atoms with Gasteiger partial charge < -0.3 is 9.73 Å². The van der Waals surface area contributed by atoms with Crippen LogP contribution < -0.4 is 5.32 Å². The molecular weight excluding hydrogens is 230 g/mol. The maximum atomic E-state index is 11.8. The minimum atomic E-state index is -0.0687. The van der Waals surface area contributed by atoms with Gasteiger partial charge in [-0.15, -0.1) is 10.2 Å². The Labute approximate surface area is 105 Å². The summed E-state index contributed by atoms with van der Waals surface area (Å²) >= 11 is 0. The van der Waals surface area contributed by atoms with Crippen LogP contribution >= 0.6 is 0 Å². The summed E-state index contributed by atoms with van der Waals surface area (Å²) in [5, 5.41) is 10.3. The van der Waals surface area contributed by atoms with Crippen LogP contribution in [0, 0.1) is 5.92 Å². The second-order valence-electron chi connectivity index (χ2n) is 4.43. The van der Waals surface area contributed by atoms with Gasteiger partial charge in [-0.25, -0.2) is 0 Å². The second-order valence-corrected chi connectivity index (χ2v) is 4.43. The van der Waals surface area contributed by atoms with E-state index in [1.807, 2.05) is 0 Å². The molecule has 1 N–H and O–H groups in total. The van der Waals surface area contributed by atoms with E-state index in [1.165, 1.54) is 6.39 Å². The van der Waals surface area contributed by atoms with E-state index < -0.39 is 0 Å². The summed E-state index contributed by atoms with van der Waals surface area (Å²) in [5.41, 5.74) is 1.42. The van der Waals surface area contributed by atoms with Gasteiger partial charge in [-0.2, -0.15) is 0 Å². The van der Waals surface area contributed by atoms with Crippen molar-refractivity contribution in [1.82, 2.24) is 15.5 Å². The summed E-state index contributed by atoms with van der Waals surface area (Å²) in [6.45, 7) is 4.78. The summed E-state index contributed by atoms with van der Waals surface area (Å²) in [7, 11) is 0. The van der Waals surface area contributed by atoms with Gasteiger partial charge in [0.2, 0.25) is 12.3 Å². The molecule has 1 amide bonds. The molecule has 5 nitrogen and oxygen atoms in total. The molecule has 0 aliphatic rings. The molecule has 2 aromatic rings. The first-order valence-corrected chi connectivity index (χ1v) is 5.81. The van der Waals surface area contributed by atoms with Crippen LogP contribution in [0.3, 0.4) is 0 Å². The first-order chi connectivity index (χ1) is 8.66. The molecule has 0 saturated heterocycles. The van der Waals surface area contributed by atoms with Gasteiger partial charge in [0.25, 0.3) is 5.91 Å². The lowest BCUT2D eigenvalue weighted by atomic mass is 10.1. The number of carbonyl (C=O) groups is 1. The minimum absolute atomic E-state index is 0.0687. The van der Waals surface area contributed by atoms with Crippen molar-refractivity contribution in [2.75, 3.05) is 6.54 Å². The number of rotatable bonds is 4. The standard InChI is InChI=1S/C13H15N3O2/c1-9(2)7-14-12(17)10-3-5-11(6-4-10)13-16-15-8-18-13/h3-6,8-9H,7H2,1-2H3,(H,14,17). The molecule has 0 spiro atoms. The Hall–Kier alpha value is -2.17. The van der Waals surface area contributed by atoms with Crippen molar-refractivity contribution < 1.29 is 9.21 Å². The van der Waals surface area contributed by atoms with Crippen molar-refractivity contribution in [3.63, 3.8) is 0 Å². The molecule has 0 radical (unpaired) electrons. The Morgan fingerprint density at radius 3 is 2.61 bits per heavy atom. The average Bonchev–Trinajstić information content (AvgIpc) is 2.90. The Bertz CT molecular complexity index is 504. The summed E-state index contributed by atoms with van der Waals surface area (Å²) in [5.74, 6) is 0.816. The van der Waals surface area contributed by atoms with Crippen LogP contribution in [-0.2, 0) is 0 Å². The zero-order chi connectivity index (χ0) is 13.0. The van der Waals surface area contributed by atoms with Crippen LogP contribution in [-0.4, -0.2) is 22.6 Å². The summed E-state index contributed by atoms with van der Waals surface area (Å²) in [6, 6.07) is 7.07. The van der Waals surface area contributed by atoms with Crippen molar-refractivity contribution in [2.45, 2.75) is 13.8 Å². The first kappa shape index (κ1) is 12.3. The third kappa shape index (κ3) is 2.94. The lowest BCUT2D eigenvalue weighted by molar-refractivity contribution is 0.0949. The fourth-order valence-electron chi connectivity index (χ4n) is 1.46. The van der Waals surface area contributed by atoms with Gasteiger partial charge in [0, 0.05) is 17.7 Å². The molecule has 0 bridgehead atoms. The molecule has 5 heteroatoms. The topological polar surface area (TPSA) is 68.0 Å². The van der Waals surface area contributed by atoms with E-state index in [9.17, 15) is 4.79 Å². The molecule has 0 unspecified atom stereocenters. The van der Waals surface area contributed by atoms with E-state index in [2.05, 4.69) is 29.4 Å². The maximum absolute atomic E-state index is 11.8.